The van der Waals surface area contributed by atoms with Crippen molar-refractivity contribution >= 4 is 11.8 Å². The molecular formula is C32H38N2OS. The molecule has 3 fully saturated rings. The van der Waals surface area contributed by atoms with Gasteiger partial charge in [-0.1, -0.05) is 74.5 Å². The minimum Gasteiger partial charge on any atom is -0.493 e. The summed E-state index contributed by atoms with van der Waals surface area (Å²) in [6, 6.07) is 28.0. The molecule has 0 aromatic heterocycles. The molecule has 0 saturated carbocycles. The molecule has 4 heterocycles. The van der Waals surface area contributed by atoms with E-state index < -0.39 is 0 Å². The van der Waals surface area contributed by atoms with Crippen molar-refractivity contribution in [3.8, 4) is 5.75 Å². The van der Waals surface area contributed by atoms with E-state index >= 15 is 0 Å². The fourth-order valence-corrected chi connectivity index (χ4v) is 7.72. The molecule has 3 aromatic carbocycles. The van der Waals surface area contributed by atoms with E-state index in [1.54, 1.807) is 0 Å². The lowest BCUT2D eigenvalue weighted by Gasteiger charge is -2.54. The third-order valence-corrected chi connectivity index (χ3v) is 9.24. The minimum absolute atomic E-state index is 0.359. The van der Waals surface area contributed by atoms with Gasteiger partial charge >= 0.3 is 0 Å². The number of fused-ring (bicyclic) bond motifs is 4. The molecule has 188 valence electrons. The van der Waals surface area contributed by atoms with Crippen molar-refractivity contribution in [2.45, 2.75) is 67.8 Å². The van der Waals surface area contributed by atoms with Crippen LogP contribution in [0.4, 0.5) is 0 Å². The van der Waals surface area contributed by atoms with Gasteiger partial charge in [-0.25, -0.2) is 0 Å². The Morgan fingerprint density at radius 1 is 0.944 bits per heavy atom. The van der Waals surface area contributed by atoms with Gasteiger partial charge in [-0.3, -0.25) is 4.90 Å². The maximum Gasteiger partial charge on any atom is 0.127 e. The number of hydrogen-bond donors (Lipinski definition) is 1. The molecule has 36 heavy (non-hydrogen) atoms. The fraction of sp³-hybridized carbons (Fsp3) is 0.438. The number of hydrogen-bond acceptors (Lipinski definition) is 4. The van der Waals surface area contributed by atoms with Crippen LogP contribution in [0.15, 0.2) is 77.7 Å². The van der Waals surface area contributed by atoms with Gasteiger partial charge in [-0.15, -0.1) is 11.8 Å². The number of rotatable bonds is 8. The predicted octanol–water partition coefficient (Wildman–Crippen LogP) is 6.51. The lowest BCUT2D eigenvalue weighted by molar-refractivity contribution is 0.00461. The van der Waals surface area contributed by atoms with E-state index in [2.05, 4.69) is 96.9 Å². The van der Waals surface area contributed by atoms with Crippen molar-refractivity contribution < 1.29 is 4.74 Å². The number of ether oxygens (including phenoxy) is 1. The van der Waals surface area contributed by atoms with E-state index in [-0.39, 0.29) is 0 Å². The molecule has 0 spiro atoms. The molecule has 3 saturated heterocycles. The Morgan fingerprint density at radius 3 is 2.25 bits per heavy atom. The van der Waals surface area contributed by atoms with E-state index in [1.807, 2.05) is 11.8 Å². The van der Waals surface area contributed by atoms with E-state index in [1.165, 1.54) is 53.1 Å². The highest BCUT2D eigenvalue weighted by molar-refractivity contribution is 7.99. The SMILES string of the molecule is CC(C)Sc1cc2c(c(CNC3C4CCN(CC4)C3C(c3ccccc3)c3ccccc3)c1)OCC2. The van der Waals surface area contributed by atoms with E-state index in [0.29, 0.717) is 23.3 Å². The second kappa shape index (κ2) is 10.6. The number of nitrogens with one attached hydrogen (secondary N) is 1. The Hall–Kier alpha value is -2.27. The highest BCUT2D eigenvalue weighted by atomic mass is 32.2. The van der Waals surface area contributed by atoms with Crippen LogP contribution in [0.5, 0.6) is 5.75 Å². The van der Waals surface area contributed by atoms with Gasteiger partial charge in [-0.2, -0.15) is 0 Å². The Bertz CT molecular complexity index is 1120. The van der Waals surface area contributed by atoms with Gasteiger partial charge in [0.15, 0.2) is 0 Å². The number of piperidine rings is 3. The van der Waals surface area contributed by atoms with E-state index in [9.17, 15) is 0 Å². The summed E-state index contributed by atoms with van der Waals surface area (Å²) in [5.41, 5.74) is 5.56. The second-order valence-corrected chi connectivity index (χ2v) is 12.6. The maximum atomic E-state index is 6.14. The van der Waals surface area contributed by atoms with Gasteiger partial charge in [0.05, 0.1) is 6.61 Å². The Labute approximate surface area is 220 Å². The summed E-state index contributed by atoms with van der Waals surface area (Å²) in [6.07, 6.45) is 3.62. The van der Waals surface area contributed by atoms with Crippen molar-refractivity contribution in [1.82, 2.24) is 10.2 Å². The highest BCUT2D eigenvalue weighted by Gasteiger charge is 2.46. The van der Waals surface area contributed by atoms with Crippen LogP contribution in [-0.4, -0.2) is 41.9 Å². The second-order valence-electron chi connectivity index (χ2n) is 10.9. The summed E-state index contributed by atoms with van der Waals surface area (Å²) in [4.78, 5) is 4.15. The third kappa shape index (κ3) is 4.83. The van der Waals surface area contributed by atoms with Crippen LogP contribution in [0, 0.1) is 5.92 Å². The van der Waals surface area contributed by atoms with E-state index in [4.69, 9.17) is 4.74 Å². The minimum atomic E-state index is 0.359. The van der Waals surface area contributed by atoms with E-state index in [0.717, 1.165) is 31.2 Å². The molecule has 1 N–H and O–H groups in total. The first-order chi connectivity index (χ1) is 17.7. The largest absolute Gasteiger partial charge is 0.493 e. The summed E-state index contributed by atoms with van der Waals surface area (Å²) in [5.74, 6) is 2.21. The number of thioether (sulfide) groups is 1. The van der Waals surface area contributed by atoms with Crippen LogP contribution < -0.4 is 10.1 Å². The first-order valence-electron chi connectivity index (χ1n) is 13.7. The fourth-order valence-electron chi connectivity index (χ4n) is 6.75. The zero-order valence-electron chi connectivity index (χ0n) is 21.5. The van der Waals surface area contributed by atoms with Crippen molar-refractivity contribution in [1.29, 1.82) is 0 Å². The first-order valence-corrected chi connectivity index (χ1v) is 14.6. The topological polar surface area (TPSA) is 24.5 Å². The van der Waals surface area contributed by atoms with Crippen LogP contribution in [0.2, 0.25) is 0 Å². The monoisotopic (exact) mass is 498 g/mol. The molecule has 4 aliphatic rings. The Kier molecular flexibility index (Phi) is 7.10. The Balaban J connectivity index is 1.33. The number of benzene rings is 3. The lowest BCUT2D eigenvalue weighted by atomic mass is 9.70. The third-order valence-electron chi connectivity index (χ3n) is 8.26. The van der Waals surface area contributed by atoms with Crippen molar-refractivity contribution in [2.24, 2.45) is 5.92 Å². The summed E-state index contributed by atoms with van der Waals surface area (Å²) in [6.45, 7) is 8.65. The summed E-state index contributed by atoms with van der Waals surface area (Å²) >= 11 is 1.96. The molecular weight excluding hydrogens is 460 g/mol. The van der Waals surface area contributed by atoms with Crippen molar-refractivity contribution in [3.63, 3.8) is 0 Å². The molecule has 2 unspecified atom stereocenters. The molecule has 0 aliphatic carbocycles. The van der Waals surface area contributed by atoms with Gasteiger partial charge in [0.25, 0.3) is 0 Å². The molecule has 3 aromatic rings. The van der Waals surface area contributed by atoms with Crippen LogP contribution in [-0.2, 0) is 13.0 Å². The molecule has 0 radical (unpaired) electrons. The molecule has 7 rings (SSSR count). The van der Waals surface area contributed by atoms with Crippen molar-refractivity contribution in [3.05, 3.63) is 95.1 Å². The zero-order valence-corrected chi connectivity index (χ0v) is 22.3. The van der Waals surface area contributed by atoms with Gasteiger partial charge in [0, 0.05) is 46.7 Å². The molecule has 4 heteroatoms. The standard InChI is InChI=1S/C32H38N2OS/c1-22(2)36-28-19-26-15-18-35-32(26)27(20-28)21-33-30-25-13-16-34(17-14-25)31(30)29(23-9-5-3-6-10-23)24-11-7-4-8-12-24/h3-12,19-20,22,25,29-31,33H,13-18,21H2,1-2H3. The van der Waals surface area contributed by atoms with Crippen LogP contribution in [0.3, 0.4) is 0 Å². The quantitative estimate of drug-likeness (QED) is 0.358. The van der Waals surface area contributed by atoms with Gasteiger partial charge in [0.1, 0.15) is 5.75 Å². The first kappa shape index (κ1) is 24.1. The van der Waals surface area contributed by atoms with Gasteiger partial charge < -0.3 is 10.1 Å². The summed E-state index contributed by atoms with van der Waals surface area (Å²) in [7, 11) is 0. The normalized spacial score (nSPS) is 24.8. The van der Waals surface area contributed by atoms with Crippen LogP contribution >= 0.6 is 11.8 Å². The lowest BCUT2D eigenvalue weighted by Crippen LogP contribution is -2.64. The Morgan fingerprint density at radius 2 is 1.61 bits per heavy atom. The smallest absolute Gasteiger partial charge is 0.127 e. The molecule has 4 aliphatic heterocycles. The van der Waals surface area contributed by atoms with Crippen molar-refractivity contribution in [2.75, 3.05) is 19.7 Å². The molecule has 2 bridgehead atoms. The van der Waals surface area contributed by atoms with Crippen LogP contribution in [0.25, 0.3) is 0 Å². The molecule has 2 atom stereocenters. The molecule has 3 nitrogen and oxygen atoms in total. The average Bonchev–Trinajstić information content (AvgIpc) is 3.38. The highest BCUT2D eigenvalue weighted by Crippen LogP contribution is 2.43. The maximum absolute atomic E-state index is 6.14. The molecule has 0 amide bonds. The van der Waals surface area contributed by atoms with Crippen LogP contribution in [0.1, 0.15) is 54.9 Å². The number of nitrogens with zero attached hydrogens (tertiary/aromatic N) is 1. The summed E-state index contributed by atoms with van der Waals surface area (Å²) in [5, 5.41) is 4.70. The average molecular weight is 499 g/mol. The van der Waals surface area contributed by atoms with Gasteiger partial charge in [0.2, 0.25) is 0 Å². The van der Waals surface area contributed by atoms with Gasteiger partial charge in [-0.05, 0) is 60.7 Å². The summed E-state index contributed by atoms with van der Waals surface area (Å²) < 4.78 is 6.14. The predicted molar refractivity (Wildman–Crippen MR) is 150 cm³/mol. The zero-order chi connectivity index (χ0) is 24.5.